The molecule has 4 rings (SSSR count). The Bertz CT molecular complexity index is 1580. The van der Waals surface area contributed by atoms with Crippen molar-refractivity contribution in [2.75, 3.05) is 24.3 Å². The van der Waals surface area contributed by atoms with Crippen LogP contribution >= 0.6 is 0 Å². The first-order valence-electron chi connectivity index (χ1n) is 13.1. The van der Waals surface area contributed by atoms with Crippen LogP contribution < -0.4 is 15.4 Å². The van der Waals surface area contributed by atoms with E-state index in [0.29, 0.717) is 29.3 Å². The van der Waals surface area contributed by atoms with E-state index in [9.17, 15) is 35.9 Å². The minimum Gasteiger partial charge on any atom is -0.497 e. The highest BCUT2D eigenvalue weighted by atomic mass is 19.4. The maximum Gasteiger partial charge on any atom is 0.416 e. The van der Waals surface area contributed by atoms with Crippen molar-refractivity contribution in [3.05, 3.63) is 90.0 Å². The molecule has 2 N–H and O–H groups in total. The van der Waals surface area contributed by atoms with Gasteiger partial charge < -0.3 is 20.3 Å². The molecule has 0 saturated carbocycles. The van der Waals surface area contributed by atoms with Crippen LogP contribution in [0.1, 0.15) is 25.0 Å². The highest BCUT2D eigenvalue weighted by Gasteiger charge is 2.37. The number of amides is 3. The van der Waals surface area contributed by atoms with E-state index in [2.05, 4.69) is 15.7 Å². The van der Waals surface area contributed by atoms with Gasteiger partial charge in [0.15, 0.2) is 0 Å². The molecule has 1 heterocycles. The molecule has 0 fully saturated rings. The summed E-state index contributed by atoms with van der Waals surface area (Å²) in [5.41, 5.74) is -2.03. The van der Waals surface area contributed by atoms with Crippen molar-refractivity contribution >= 4 is 23.4 Å². The number of nitrogens with zero attached hydrogens (tertiary/aromatic N) is 3. The van der Waals surface area contributed by atoms with Crippen LogP contribution in [-0.2, 0) is 17.1 Å². The molecule has 1 aromatic heterocycles. The maximum atomic E-state index is 13.3. The fourth-order valence-corrected chi connectivity index (χ4v) is 4.19. The van der Waals surface area contributed by atoms with E-state index in [-0.39, 0.29) is 11.9 Å². The second kappa shape index (κ2) is 12.7. The lowest BCUT2D eigenvalue weighted by atomic mass is 10.1. The zero-order valence-electron chi connectivity index (χ0n) is 23.6. The number of hydrogen-bond acceptors (Lipinski definition) is 4. The van der Waals surface area contributed by atoms with E-state index < -0.39 is 53.7 Å². The van der Waals surface area contributed by atoms with Crippen LogP contribution in [0.15, 0.2) is 78.9 Å². The van der Waals surface area contributed by atoms with E-state index >= 15 is 0 Å². The maximum absolute atomic E-state index is 13.3. The Morgan fingerprint density at radius 2 is 1.45 bits per heavy atom. The first-order chi connectivity index (χ1) is 20.7. The summed E-state index contributed by atoms with van der Waals surface area (Å²) in [6, 6.07) is 16.6. The lowest BCUT2D eigenvalue weighted by Crippen LogP contribution is -2.44. The number of aromatic nitrogens is 2. The summed E-state index contributed by atoms with van der Waals surface area (Å²) in [5, 5.41) is 9.37. The summed E-state index contributed by atoms with van der Waals surface area (Å²) < 4.78 is 86.4. The SMILES string of the molecule is COc1ccc(-n2nc(-c3ccccc3)cc2NC(=O)CN(C(=O)Nc2cc(C(F)(F)F)cc(C(F)(F)F)c2)C(C)C)cc1. The van der Waals surface area contributed by atoms with E-state index in [0.717, 1.165) is 10.5 Å². The molecular weight excluding hydrogens is 592 g/mol. The Hall–Kier alpha value is -5.01. The number of urea groups is 1. The summed E-state index contributed by atoms with van der Waals surface area (Å²) >= 11 is 0. The van der Waals surface area contributed by atoms with Gasteiger partial charge in [0.2, 0.25) is 5.91 Å². The van der Waals surface area contributed by atoms with Crippen LogP contribution in [0.4, 0.5) is 42.6 Å². The van der Waals surface area contributed by atoms with Gasteiger partial charge in [-0.2, -0.15) is 31.4 Å². The van der Waals surface area contributed by atoms with Gasteiger partial charge in [0.25, 0.3) is 0 Å². The molecule has 4 aromatic rings. The number of methoxy groups -OCH3 is 1. The molecule has 0 spiro atoms. The van der Waals surface area contributed by atoms with Gasteiger partial charge >= 0.3 is 18.4 Å². The van der Waals surface area contributed by atoms with Gasteiger partial charge in [-0.05, 0) is 56.3 Å². The van der Waals surface area contributed by atoms with Crippen LogP contribution in [0.25, 0.3) is 16.9 Å². The van der Waals surface area contributed by atoms with Gasteiger partial charge in [0.05, 0.1) is 29.6 Å². The molecule has 0 unspecified atom stereocenters. The fourth-order valence-electron chi connectivity index (χ4n) is 4.19. The Morgan fingerprint density at radius 1 is 0.864 bits per heavy atom. The molecule has 0 aliphatic heterocycles. The van der Waals surface area contributed by atoms with Crippen LogP contribution in [-0.4, -0.2) is 46.3 Å². The minimum atomic E-state index is -5.09. The Morgan fingerprint density at radius 3 is 1.98 bits per heavy atom. The molecule has 8 nitrogen and oxygen atoms in total. The number of benzene rings is 3. The number of nitrogens with one attached hydrogen (secondary N) is 2. The molecule has 0 saturated heterocycles. The molecule has 0 atom stereocenters. The molecular formula is C30H27F6N5O3. The number of carbonyl (C=O) groups excluding carboxylic acids is 2. The van der Waals surface area contributed by atoms with Crippen LogP contribution in [0.3, 0.4) is 0 Å². The van der Waals surface area contributed by atoms with Crippen LogP contribution in [0, 0.1) is 0 Å². The Labute approximate surface area is 248 Å². The number of ether oxygens (including phenoxy) is 1. The van der Waals surface area contributed by atoms with Gasteiger partial charge in [-0.1, -0.05) is 30.3 Å². The molecule has 44 heavy (non-hydrogen) atoms. The smallest absolute Gasteiger partial charge is 0.416 e. The highest BCUT2D eigenvalue weighted by Crippen LogP contribution is 2.37. The first-order valence-corrected chi connectivity index (χ1v) is 13.1. The summed E-state index contributed by atoms with van der Waals surface area (Å²) in [6.07, 6.45) is -10.2. The standard InChI is InChI=1S/C30H27F6N5O3/c1-18(2)40(28(43)37-22-14-20(29(31,32)33)13-21(15-22)30(34,35)36)17-27(42)38-26-16-25(19-7-5-4-6-8-19)39-41(26)23-9-11-24(44-3)12-10-23/h4-16,18H,17H2,1-3H3,(H,37,43)(H,38,42). The molecule has 0 aliphatic carbocycles. The van der Waals surface area contributed by atoms with Gasteiger partial charge in [-0.25, -0.2) is 9.48 Å². The first kappa shape index (κ1) is 31.9. The molecule has 0 bridgehead atoms. The molecule has 3 amide bonds. The number of rotatable bonds is 8. The molecule has 14 heteroatoms. The van der Waals surface area contributed by atoms with Crippen molar-refractivity contribution < 1.29 is 40.7 Å². The number of alkyl halides is 6. The van der Waals surface area contributed by atoms with Gasteiger partial charge in [-0.3, -0.25) is 4.79 Å². The van der Waals surface area contributed by atoms with E-state index in [1.165, 1.54) is 25.6 Å². The van der Waals surface area contributed by atoms with Crippen LogP contribution in [0.2, 0.25) is 0 Å². The predicted octanol–water partition coefficient (Wildman–Crippen LogP) is 7.47. The van der Waals surface area contributed by atoms with Gasteiger partial charge in [-0.15, -0.1) is 0 Å². The minimum absolute atomic E-state index is 0.0427. The normalized spacial score (nSPS) is 11.8. The second-order valence-corrected chi connectivity index (χ2v) is 9.89. The van der Waals surface area contributed by atoms with Crippen molar-refractivity contribution in [2.45, 2.75) is 32.2 Å². The van der Waals surface area contributed by atoms with Gasteiger partial charge in [0.1, 0.15) is 18.1 Å². The molecule has 0 radical (unpaired) electrons. The topological polar surface area (TPSA) is 88.5 Å². The number of carbonyl (C=O) groups is 2. The van der Waals surface area contributed by atoms with Crippen molar-refractivity contribution in [1.82, 2.24) is 14.7 Å². The molecule has 3 aromatic carbocycles. The second-order valence-electron chi connectivity index (χ2n) is 9.89. The van der Waals surface area contributed by atoms with E-state index in [1.807, 2.05) is 30.3 Å². The lowest BCUT2D eigenvalue weighted by Gasteiger charge is -2.26. The summed E-state index contributed by atoms with van der Waals surface area (Å²) in [5.74, 6) is 0.149. The summed E-state index contributed by atoms with van der Waals surface area (Å²) in [6.45, 7) is 2.49. The number of anilines is 2. The summed E-state index contributed by atoms with van der Waals surface area (Å²) in [4.78, 5) is 27.2. The highest BCUT2D eigenvalue weighted by molar-refractivity contribution is 5.97. The Balaban J connectivity index is 1.59. The summed E-state index contributed by atoms with van der Waals surface area (Å²) in [7, 11) is 1.51. The molecule has 0 aliphatic rings. The number of halogens is 6. The zero-order valence-corrected chi connectivity index (χ0v) is 23.6. The van der Waals surface area contributed by atoms with Gasteiger partial charge in [0, 0.05) is 23.4 Å². The Kier molecular flexibility index (Phi) is 9.21. The average Bonchev–Trinajstić information content (AvgIpc) is 3.38. The van der Waals surface area contributed by atoms with Crippen LogP contribution in [0.5, 0.6) is 5.75 Å². The monoisotopic (exact) mass is 619 g/mol. The zero-order chi connectivity index (χ0) is 32.2. The van der Waals surface area contributed by atoms with Crippen molar-refractivity contribution in [3.8, 4) is 22.7 Å². The third kappa shape index (κ3) is 7.68. The third-order valence-corrected chi connectivity index (χ3v) is 6.40. The van der Waals surface area contributed by atoms with Crippen molar-refractivity contribution in [2.24, 2.45) is 0 Å². The number of hydrogen-bond donors (Lipinski definition) is 2. The average molecular weight is 620 g/mol. The largest absolute Gasteiger partial charge is 0.497 e. The quantitative estimate of drug-likeness (QED) is 0.200. The van der Waals surface area contributed by atoms with E-state index in [4.69, 9.17) is 4.74 Å². The lowest BCUT2D eigenvalue weighted by molar-refractivity contribution is -0.143. The third-order valence-electron chi connectivity index (χ3n) is 6.40. The fraction of sp³-hybridized carbons (Fsp3) is 0.233. The predicted molar refractivity (Wildman–Crippen MR) is 151 cm³/mol. The van der Waals surface area contributed by atoms with Crippen molar-refractivity contribution in [1.29, 1.82) is 0 Å². The van der Waals surface area contributed by atoms with E-state index in [1.54, 1.807) is 30.3 Å². The molecule has 232 valence electrons. The van der Waals surface area contributed by atoms with Crippen molar-refractivity contribution in [3.63, 3.8) is 0 Å².